The third-order valence-corrected chi connectivity index (χ3v) is 5.57. The number of ether oxygens (including phenoxy) is 2. The zero-order valence-corrected chi connectivity index (χ0v) is 18.3. The Bertz CT molecular complexity index is 1130. The Morgan fingerprint density at radius 2 is 2.06 bits per heavy atom. The normalized spacial score (nSPS) is 17.3. The first kappa shape index (κ1) is 20.8. The maximum Gasteiger partial charge on any atom is 0.290 e. The molecular weight excluding hydrogens is 394 g/mol. The van der Waals surface area contributed by atoms with Gasteiger partial charge in [0.05, 0.1) is 32.2 Å². The second-order valence-electron chi connectivity index (χ2n) is 7.93. The average Bonchev–Trinajstić information content (AvgIpc) is 3.55. The van der Waals surface area contributed by atoms with Crippen LogP contribution in [0.25, 0.3) is 0 Å². The molecule has 0 bridgehead atoms. The monoisotopic (exact) mass is 421 g/mol. The molecular formula is C23H27N5O3. The third kappa shape index (κ3) is 4.84. The Hall–Kier alpha value is -3.42. The van der Waals surface area contributed by atoms with E-state index in [9.17, 15) is 4.79 Å². The highest BCUT2D eigenvalue weighted by Gasteiger charge is 2.40. The van der Waals surface area contributed by atoms with Crippen molar-refractivity contribution in [1.29, 1.82) is 0 Å². The molecule has 3 aromatic rings. The molecule has 3 heterocycles. The van der Waals surface area contributed by atoms with E-state index >= 15 is 0 Å². The number of nitrogens with one attached hydrogen (secondary N) is 1. The highest BCUT2D eigenvalue weighted by molar-refractivity contribution is 5.44. The van der Waals surface area contributed by atoms with Crippen molar-refractivity contribution in [1.82, 2.24) is 19.7 Å². The summed E-state index contributed by atoms with van der Waals surface area (Å²) in [7, 11) is 3.25. The topological polar surface area (TPSA) is 91.2 Å². The lowest BCUT2D eigenvalue weighted by molar-refractivity contribution is 0.278. The highest BCUT2D eigenvalue weighted by Crippen LogP contribution is 2.46. The van der Waals surface area contributed by atoms with Crippen LogP contribution < -0.4 is 20.3 Å². The molecule has 0 spiro atoms. The van der Waals surface area contributed by atoms with E-state index in [1.54, 1.807) is 26.4 Å². The molecule has 0 aliphatic heterocycles. The fraction of sp³-hybridized carbons (Fsp3) is 0.391. The van der Waals surface area contributed by atoms with Gasteiger partial charge in [0.2, 0.25) is 5.88 Å². The Labute approximate surface area is 181 Å². The van der Waals surface area contributed by atoms with Crippen molar-refractivity contribution in [3.8, 4) is 11.6 Å². The van der Waals surface area contributed by atoms with E-state index in [1.807, 2.05) is 38.1 Å². The fourth-order valence-electron chi connectivity index (χ4n) is 3.54. The van der Waals surface area contributed by atoms with Crippen molar-refractivity contribution in [2.75, 3.05) is 19.0 Å². The minimum absolute atomic E-state index is 0.204. The van der Waals surface area contributed by atoms with Crippen LogP contribution in [0.1, 0.15) is 35.0 Å². The van der Waals surface area contributed by atoms with Crippen molar-refractivity contribution in [3.63, 3.8) is 0 Å². The van der Waals surface area contributed by atoms with E-state index in [2.05, 4.69) is 20.4 Å². The standard InChI is InChI=1S/C23H27N5O3/c1-14-5-6-15(2)26-21(14)12-25-20-10-22(27-28(3)23(20)29)31-13-16-9-18(16)19-8-7-17(30-4)11-24-19/h5-8,10-11,16,18,25H,9,12-13H2,1-4H3. The van der Waals surface area contributed by atoms with Gasteiger partial charge in [-0.1, -0.05) is 6.07 Å². The van der Waals surface area contributed by atoms with Gasteiger partial charge in [-0.3, -0.25) is 14.8 Å². The van der Waals surface area contributed by atoms with Crippen LogP contribution >= 0.6 is 0 Å². The van der Waals surface area contributed by atoms with Crippen LogP contribution in [0.4, 0.5) is 5.69 Å². The number of rotatable bonds is 8. The molecule has 0 amide bonds. The summed E-state index contributed by atoms with van der Waals surface area (Å²) in [4.78, 5) is 21.5. The van der Waals surface area contributed by atoms with E-state index in [4.69, 9.17) is 9.47 Å². The van der Waals surface area contributed by atoms with Gasteiger partial charge in [0.15, 0.2) is 0 Å². The molecule has 3 aromatic heterocycles. The molecule has 0 saturated heterocycles. The highest BCUT2D eigenvalue weighted by atomic mass is 16.5. The largest absolute Gasteiger partial charge is 0.495 e. The molecule has 8 heteroatoms. The number of aromatic nitrogens is 4. The summed E-state index contributed by atoms with van der Waals surface area (Å²) < 4.78 is 12.4. The molecule has 1 aliphatic carbocycles. The summed E-state index contributed by atoms with van der Waals surface area (Å²) in [5.74, 6) is 1.94. The van der Waals surface area contributed by atoms with Crippen molar-refractivity contribution < 1.29 is 9.47 Å². The first-order chi connectivity index (χ1) is 14.9. The van der Waals surface area contributed by atoms with Gasteiger partial charge in [0, 0.05) is 36.3 Å². The van der Waals surface area contributed by atoms with Gasteiger partial charge < -0.3 is 14.8 Å². The Morgan fingerprint density at radius 1 is 1.23 bits per heavy atom. The van der Waals surface area contributed by atoms with Gasteiger partial charge in [-0.05, 0) is 44.0 Å². The number of methoxy groups -OCH3 is 1. The van der Waals surface area contributed by atoms with Crippen LogP contribution in [0.3, 0.4) is 0 Å². The quantitative estimate of drug-likeness (QED) is 0.598. The molecule has 4 rings (SSSR count). The van der Waals surface area contributed by atoms with E-state index in [0.29, 0.717) is 36.6 Å². The summed E-state index contributed by atoms with van der Waals surface area (Å²) >= 11 is 0. The molecule has 1 aliphatic rings. The SMILES string of the molecule is COc1ccc(C2CC2COc2cc(NCc3nc(C)ccc3C)c(=O)n(C)n2)nc1. The molecule has 2 unspecified atom stereocenters. The van der Waals surface area contributed by atoms with Crippen LogP contribution in [-0.2, 0) is 13.6 Å². The number of hydrogen-bond acceptors (Lipinski definition) is 7. The minimum Gasteiger partial charge on any atom is -0.495 e. The molecule has 162 valence electrons. The summed E-state index contributed by atoms with van der Waals surface area (Å²) in [6.45, 7) is 4.95. The van der Waals surface area contributed by atoms with Gasteiger partial charge in [-0.15, -0.1) is 5.10 Å². The zero-order valence-electron chi connectivity index (χ0n) is 18.3. The van der Waals surface area contributed by atoms with Gasteiger partial charge in [-0.2, -0.15) is 0 Å². The van der Waals surface area contributed by atoms with Gasteiger partial charge in [0.1, 0.15) is 11.4 Å². The molecule has 8 nitrogen and oxygen atoms in total. The second-order valence-corrected chi connectivity index (χ2v) is 7.93. The first-order valence-corrected chi connectivity index (χ1v) is 10.3. The lowest BCUT2D eigenvalue weighted by Gasteiger charge is -2.12. The first-order valence-electron chi connectivity index (χ1n) is 10.3. The minimum atomic E-state index is -0.204. The molecule has 31 heavy (non-hydrogen) atoms. The predicted octanol–water partition coefficient (Wildman–Crippen LogP) is 2.99. The lowest BCUT2D eigenvalue weighted by Crippen LogP contribution is -2.24. The van der Waals surface area contributed by atoms with E-state index < -0.39 is 0 Å². The number of nitrogens with zero attached hydrogens (tertiary/aromatic N) is 4. The number of anilines is 1. The maximum atomic E-state index is 12.5. The molecule has 0 aromatic carbocycles. The van der Waals surface area contributed by atoms with Crippen LogP contribution in [0, 0.1) is 19.8 Å². The fourth-order valence-corrected chi connectivity index (χ4v) is 3.54. The van der Waals surface area contributed by atoms with Gasteiger partial charge in [0.25, 0.3) is 5.56 Å². The van der Waals surface area contributed by atoms with E-state index in [-0.39, 0.29) is 5.56 Å². The molecule has 1 fully saturated rings. The average molecular weight is 422 g/mol. The molecule has 1 saturated carbocycles. The summed E-state index contributed by atoms with van der Waals surface area (Å²) in [6, 6.07) is 9.59. The number of pyridine rings is 2. The van der Waals surface area contributed by atoms with Crippen LogP contribution in [0.2, 0.25) is 0 Å². The summed E-state index contributed by atoms with van der Waals surface area (Å²) in [6.07, 6.45) is 2.76. The van der Waals surface area contributed by atoms with Crippen LogP contribution in [-0.4, -0.2) is 33.5 Å². The third-order valence-electron chi connectivity index (χ3n) is 5.57. The molecule has 0 radical (unpaired) electrons. The van der Waals surface area contributed by atoms with E-state index in [1.165, 1.54) is 4.68 Å². The van der Waals surface area contributed by atoms with Crippen molar-refractivity contribution >= 4 is 5.69 Å². The van der Waals surface area contributed by atoms with Crippen LogP contribution in [0.5, 0.6) is 11.6 Å². The predicted molar refractivity (Wildman–Crippen MR) is 118 cm³/mol. The Balaban J connectivity index is 1.38. The lowest BCUT2D eigenvalue weighted by atomic mass is 10.2. The van der Waals surface area contributed by atoms with Gasteiger partial charge in [-0.25, -0.2) is 4.68 Å². The summed E-state index contributed by atoms with van der Waals surface area (Å²) in [5, 5.41) is 7.42. The Kier molecular flexibility index (Phi) is 5.88. The molecule has 2 atom stereocenters. The second kappa shape index (κ2) is 8.75. The Morgan fingerprint density at radius 3 is 2.81 bits per heavy atom. The number of hydrogen-bond donors (Lipinski definition) is 1. The zero-order chi connectivity index (χ0) is 22.0. The van der Waals surface area contributed by atoms with E-state index in [0.717, 1.165) is 34.8 Å². The molecule has 1 N–H and O–H groups in total. The van der Waals surface area contributed by atoms with Crippen molar-refractivity contribution in [2.24, 2.45) is 13.0 Å². The van der Waals surface area contributed by atoms with Crippen LogP contribution in [0.15, 0.2) is 41.3 Å². The smallest absolute Gasteiger partial charge is 0.290 e. The van der Waals surface area contributed by atoms with Gasteiger partial charge >= 0.3 is 0 Å². The van der Waals surface area contributed by atoms with Crippen molar-refractivity contribution in [3.05, 3.63) is 69.5 Å². The summed E-state index contributed by atoms with van der Waals surface area (Å²) in [5.41, 5.74) is 4.22. The maximum absolute atomic E-state index is 12.5. The number of aryl methyl sites for hydroxylation is 3. The van der Waals surface area contributed by atoms with Crippen molar-refractivity contribution in [2.45, 2.75) is 32.7 Å².